The lowest BCUT2D eigenvalue weighted by molar-refractivity contribution is -0.123. The van der Waals surface area contributed by atoms with Gasteiger partial charge in [-0.15, -0.1) is 0 Å². The summed E-state index contributed by atoms with van der Waals surface area (Å²) in [7, 11) is -4.69. The van der Waals surface area contributed by atoms with Crippen LogP contribution in [0, 0.1) is 0 Å². The Labute approximate surface area is 400 Å². The fourth-order valence-corrected chi connectivity index (χ4v) is 9.82. The van der Waals surface area contributed by atoms with Gasteiger partial charge in [-0.3, -0.25) is 9.32 Å². The van der Waals surface area contributed by atoms with Crippen molar-refractivity contribution < 1.29 is 28.8 Å². The minimum absolute atomic E-state index is 0.186. The van der Waals surface area contributed by atoms with Gasteiger partial charge in [-0.05, 0) is 12.8 Å². The van der Waals surface area contributed by atoms with Gasteiger partial charge in [0.1, 0.15) is 0 Å². The standard InChI is InChI=1S/C56H114NO6P/c1-3-5-7-9-11-13-15-17-18-19-20-21-22-23-24-25-26-27-28-29-30-31-32-33-34-35-36-37-38-39-40-42-44-46-48-50-52-56(59)57-54(53-63-64(60,61)62)55(58)51-49-47-45-43-41-16-14-12-10-8-6-4-2/h54-55,58H,3-53H2,1-2H3,(H,57,59)(H2,60,61,62)/t54-,55+/m0/s1. The van der Waals surface area contributed by atoms with E-state index >= 15 is 0 Å². The lowest BCUT2D eigenvalue weighted by atomic mass is 10.0. The second-order valence-electron chi connectivity index (χ2n) is 20.3. The summed E-state index contributed by atoms with van der Waals surface area (Å²) in [5.41, 5.74) is 0. The molecule has 0 aromatic rings. The van der Waals surface area contributed by atoms with Crippen LogP contribution in [0.5, 0.6) is 0 Å². The molecule has 0 saturated heterocycles. The average molecular weight is 929 g/mol. The molecule has 2 atom stereocenters. The third kappa shape index (κ3) is 52.5. The number of amides is 1. The molecule has 0 radical (unpaired) electrons. The third-order valence-electron chi connectivity index (χ3n) is 13.8. The molecule has 0 bridgehead atoms. The molecule has 1 amide bonds. The molecule has 384 valence electrons. The summed E-state index contributed by atoms with van der Waals surface area (Å²) >= 11 is 0. The highest BCUT2D eigenvalue weighted by Gasteiger charge is 2.25. The number of phosphoric acid groups is 1. The number of unbranched alkanes of at least 4 members (excludes halogenated alkanes) is 46. The van der Waals surface area contributed by atoms with Crippen LogP contribution in [-0.2, 0) is 13.9 Å². The second-order valence-corrected chi connectivity index (χ2v) is 21.6. The van der Waals surface area contributed by atoms with Crippen LogP contribution in [0.1, 0.15) is 335 Å². The monoisotopic (exact) mass is 928 g/mol. The molecule has 8 heteroatoms. The minimum Gasteiger partial charge on any atom is -0.391 e. The zero-order valence-electron chi connectivity index (χ0n) is 43.2. The number of rotatable bonds is 55. The van der Waals surface area contributed by atoms with Crippen molar-refractivity contribution in [3.05, 3.63) is 0 Å². The van der Waals surface area contributed by atoms with Crippen LogP contribution in [0.3, 0.4) is 0 Å². The van der Waals surface area contributed by atoms with Crippen LogP contribution in [-0.4, -0.2) is 39.6 Å². The Balaban J connectivity index is 3.54. The zero-order valence-corrected chi connectivity index (χ0v) is 44.1. The summed E-state index contributed by atoms with van der Waals surface area (Å²) < 4.78 is 16.0. The Bertz CT molecular complexity index is 962. The number of carbonyl (C=O) groups excluding carboxylic acids is 1. The molecule has 0 aromatic heterocycles. The van der Waals surface area contributed by atoms with E-state index in [2.05, 4.69) is 19.2 Å². The van der Waals surface area contributed by atoms with E-state index in [0.29, 0.717) is 12.8 Å². The maximum atomic E-state index is 12.7. The van der Waals surface area contributed by atoms with Crippen LogP contribution in [0.2, 0.25) is 0 Å². The smallest absolute Gasteiger partial charge is 0.391 e. The quantitative estimate of drug-likeness (QED) is 0.0357. The van der Waals surface area contributed by atoms with Gasteiger partial charge in [0.15, 0.2) is 0 Å². The first-order valence-corrected chi connectivity index (χ1v) is 30.5. The van der Waals surface area contributed by atoms with E-state index < -0.39 is 26.6 Å². The van der Waals surface area contributed by atoms with E-state index in [1.165, 1.54) is 270 Å². The fourth-order valence-electron chi connectivity index (χ4n) is 9.47. The van der Waals surface area contributed by atoms with Crippen LogP contribution in [0.4, 0.5) is 0 Å². The number of aliphatic hydroxyl groups is 1. The lowest BCUT2D eigenvalue weighted by Crippen LogP contribution is -2.46. The van der Waals surface area contributed by atoms with Gasteiger partial charge >= 0.3 is 7.82 Å². The van der Waals surface area contributed by atoms with Crippen molar-refractivity contribution in [3.8, 4) is 0 Å². The summed E-state index contributed by atoms with van der Waals surface area (Å²) in [5.74, 6) is -0.186. The largest absolute Gasteiger partial charge is 0.469 e. The molecule has 7 nitrogen and oxygen atoms in total. The Morgan fingerprint density at radius 2 is 0.609 bits per heavy atom. The van der Waals surface area contributed by atoms with Gasteiger partial charge in [0.25, 0.3) is 0 Å². The molecule has 0 saturated carbocycles. The Morgan fingerprint density at radius 3 is 0.844 bits per heavy atom. The number of phosphoric ester groups is 1. The van der Waals surface area contributed by atoms with Crippen molar-refractivity contribution in [1.82, 2.24) is 5.32 Å². The highest BCUT2D eigenvalue weighted by atomic mass is 31.2. The van der Waals surface area contributed by atoms with Crippen molar-refractivity contribution >= 4 is 13.7 Å². The molecular formula is C56H114NO6P. The zero-order chi connectivity index (χ0) is 46.7. The topological polar surface area (TPSA) is 116 Å². The fraction of sp³-hybridized carbons (Fsp3) is 0.982. The van der Waals surface area contributed by atoms with Crippen molar-refractivity contribution in [1.29, 1.82) is 0 Å². The number of aliphatic hydroxyl groups excluding tert-OH is 1. The van der Waals surface area contributed by atoms with E-state index in [1.54, 1.807) is 0 Å². The summed E-state index contributed by atoms with van der Waals surface area (Å²) in [5, 5.41) is 13.6. The van der Waals surface area contributed by atoms with Gasteiger partial charge in [0, 0.05) is 6.42 Å². The van der Waals surface area contributed by atoms with E-state index in [-0.39, 0.29) is 5.91 Å². The number of nitrogens with one attached hydrogen (secondary N) is 1. The summed E-state index contributed by atoms with van der Waals surface area (Å²) in [6, 6.07) is -0.819. The predicted octanol–water partition coefficient (Wildman–Crippen LogP) is 18.5. The molecule has 64 heavy (non-hydrogen) atoms. The average Bonchev–Trinajstić information content (AvgIpc) is 3.27. The maximum Gasteiger partial charge on any atom is 0.469 e. The van der Waals surface area contributed by atoms with Gasteiger partial charge in [-0.2, -0.15) is 0 Å². The molecular weight excluding hydrogens is 814 g/mol. The van der Waals surface area contributed by atoms with E-state index in [9.17, 15) is 24.3 Å². The molecule has 0 aliphatic carbocycles. The molecule has 0 aromatic carbocycles. The SMILES string of the molecule is CCCCCCCCCCCCCCCCCCCCCCCCCCCCCCCCCCCCCCC(=O)N[C@@H](COP(=O)(O)O)[C@H](O)CCCCCCCCCCCCCC. The summed E-state index contributed by atoms with van der Waals surface area (Å²) in [6.45, 7) is 4.16. The highest BCUT2D eigenvalue weighted by molar-refractivity contribution is 7.46. The summed E-state index contributed by atoms with van der Waals surface area (Å²) in [6.07, 6.45) is 64.5. The summed E-state index contributed by atoms with van der Waals surface area (Å²) in [4.78, 5) is 31.1. The molecule has 0 aliphatic heterocycles. The molecule has 0 aliphatic rings. The van der Waals surface area contributed by atoms with Crippen molar-refractivity contribution in [3.63, 3.8) is 0 Å². The number of hydrogen-bond acceptors (Lipinski definition) is 4. The van der Waals surface area contributed by atoms with Crippen LogP contribution < -0.4 is 5.32 Å². The van der Waals surface area contributed by atoms with Crippen LogP contribution >= 0.6 is 7.82 Å². The Kier molecular flexibility index (Phi) is 51.5. The molecule has 4 N–H and O–H groups in total. The van der Waals surface area contributed by atoms with Crippen molar-refractivity contribution in [2.75, 3.05) is 6.61 Å². The second kappa shape index (κ2) is 51.9. The van der Waals surface area contributed by atoms with E-state index in [4.69, 9.17) is 4.52 Å². The molecule has 0 spiro atoms. The van der Waals surface area contributed by atoms with Gasteiger partial charge in [-0.25, -0.2) is 4.57 Å². The van der Waals surface area contributed by atoms with Crippen LogP contribution in [0.25, 0.3) is 0 Å². The normalized spacial score (nSPS) is 12.9. The molecule has 0 heterocycles. The van der Waals surface area contributed by atoms with Gasteiger partial charge in [-0.1, -0.05) is 316 Å². The minimum atomic E-state index is -4.69. The maximum absolute atomic E-state index is 12.7. The Morgan fingerprint density at radius 1 is 0.391 bits per heavy atom. The lowest BCUT2D eigenvalue weighted by Gasteiger charge is -2.24. The van der Waals surface area contributed by atoms with E-state index in [1.807, 2.05) is 0 Å². The Hall–Kier alpha value is -0.460. The van der Waals surface area contributed by atoms with Gasteiger partial charge < -0.3 is 20.2 Å². The van der Waals surface area contributed by atoms with Gasteiger partial charge in [0.05, 0.1) is 18.8 Å². The predicted molar refractivity (Wildman–Crippen MR) is 278 cm³/mol. The van der Waals surface area contributed by atoms with Gasteiger partial charge in [0.2, 0.25) is 5.91 Å². The molecule has 0 rings (SSSR count). The third-order valence-corrected chi connectivity index (χ3v) is 14.3. The molecule has 0 unspecified atom stereocenters. The first-order valence-electron chi connectivity index (χ1n) is 29.0. The van der Waals surface area contributed by atoms with Crippen LogP contribution in [0.15, 0.2) is 0 Å². The first kappa shape index (κ1) is 63.5. The number of carbonyl (C=O) groups is 1. The van der Waals surface area contributed by atoms with Crippen molar-refractivity contribution in [2.45, 2.75) is 347 Å². The number of hydrogen-bond donors (Lipinski definition) is 4. The molecule has 0 fully saturated rings. The first-order chi connectivity index (χ1) is 31.3. The highest BCUT2D eigenvalue weighted by Crippen LogP contribution is 2.36. The van der Waals surface area contributed by atoms with E-state index in [0.717, 1.165) is 38.5 Å². The van der Waals surface area contributed by atoms with Crippen molar-refractivity contribution in [2.24, 2.45) is 0 Å².